The zero-order valence-electron chi connectivity index (χ0n) is 10.3. The van der Waals surface area contributed by atoms with Gasteiger partial charge in [0.15, 0.2) is 0 Å². The summed E-state index contributed by atoms with van der Waals surface area (Å²) in [5.41, 5.74) is 0.873. The highest BCUT2D eigenvalue weighted by Crippen LogP contribution is 2.14. The Morgan fingerprint density at radius 2 is 2.11 bits per heavy atom. The van der Waals surface area contributed by atoms with E-state index >= 15 is 0 Å². The quantitative estimate of drug-likeness (QED) is 0.769. The highest BCUT2D eigenvalue weighted by molar-refractivity contribution is 5.68. The van der Waals surface area contributed by atoms with E-state index in [4.69, 9.17) is 4.74 Å². The van der Waals surface area contributed by atoms with Crippen LogP contribution >= 0.6 is 0 Å². The number of rotatable bonds is 4. The van der Waals surface area contributed by atoms with Gasteiger partial charge in [0.25, 0.3) is 0 Å². The molecular formula is C12H14N4O2. The van der Waals surface area contributed by atoms with E-state index < -0.39 is 6.23 Å². The molecule has 0 aliphatic heterocycles. The van der Waals surface area contributed by atoms with Gasteiger partial charge in [-0.05, 0) is 12.1 Å². The fourth-order valence-corrected chi connectivity index (χ4v) is 1.40. The van der Waals surface area contributed by atoms with Crippen LogP contribution in [0.5, 0.6) is 0 Å². The third-order valence-corrected chi connectivity index (χ3v) is 2.38. The Kier molecular flexibility index (Phi) is 3.66. The molecule has 2 aromatic rings. The van der Waals surface area contributed by atoms with Crippen molar-refractivity contribution >= 4 is 5.97 Å². The molecule has 1 aromatic carbocycles. The molecule has 94 valence electrons. The molecule has 0 aliphatic rings. The molecule has 1 aromatic heterocycles. The minimum absolute atomic E-state index is 0.291. The van der Waals surface area contributed by atoms with Gasteiger partial charge in [-0.3, -0.25) is 4.79 Å². The number of carbonyl (C=O) groups is 1. The van der Waals surface area contributed by atoms with Crippen LogP contribution in [0.4, 0.5) is 0 Å². The Balaban J connectivity index is 2.13. The fraction of sp³-hybridized carbons (Fsp3) is 0.333. The first-order valence-electron chi connectivity index (χ1n) is 5.75. The smallest absolute Gasteiger partial charge is 0.307 e. The van der Waals surface area contributed by atoms with E-state index in [2.05, 4.69) is 15.4 Å². The van der Waals surface area contributed by atoms with Gasteiger partial charge in [-0.25, -0.2) is 0 Å². The Morgan fingerprint density at radius 3 is 2.78 bits per heavy atom. The predicted octanol–water partition coefficient (Wildman–Crippen LogP) is 1.81. The molecule has 1 heterocycles. The van der Waals surface area contributed by atoms with Crippen molar-refractivity contribution in [3.05, 3.63) is 30.3 Å². The third-order valence-electron chi connectivity index (χ3n) is 2.38. The number of ether oxygens (including phenoxy) is 1. The van der Waals surface area contributed by atoms with Crippen molar-refractivity contribution in [3.8, 4) is 11.4 Å². The summed E-state index contributed by atoms with van der Waals surface area (Å²) in [6, 6.07) is 9.50. The van der Waals surface area contributed by atoms with Gasteiger partial charge in [-0.15, -0.1) is 15.0 Å². The van der Waals surface area contributed by atoms with Crippen molar-refractivity contribution in [2.75, 3.05) is 0 Å². The van der Waals surface area contributed by atoms with Crippen molar-refractivity contribution in [3.63, 3.8) is 0 Å². The first kappa shape index (κ1) is 12.2. The summed E-state index contributed by atoms with van der Waals surface area (Å²) < 4.78 is 5.09. The van der Waals surface area contributed by atoms with E-state index in [1.165, 1.54) is 4.80 Å². The van der Waals surface area contributed by atoms with Gasteiger partial charge in [-0.2, -0.15) is 0 Å². The van der Waals surface area contributed by atoms with Crippen LogP contribution < -0.4 is 0 Å². The highest BCUT2D eigenvalue weighted by atomic mass is 16.6. The lowest BCUT2D eigenvalue weighted by atomic mass is 10.2. The zero-order chi connectivity index (χ0) is 13.0. The summed E-state index contributed by atoms with van der Waals surface area (Å²) >= 11 is 0. The fourth-order valence-electron chi connectivity index (χ4n) is 1.40. The molecule has 0 radical (unpaired) electrons. The molecule has 6 nitrogen and oxygen atoms in total. The van der Waals surface area contributed by atoms with E-state index in [-0.39, 0.29) is 5.97 Å². The first-order valence-corrected chi connectivity index (χ1v) is 5.75. The van der Waals surface area contributed by atoms with Crippen molar-refractivity contribution in [2.45, 2.75) is 26.5 Å². The van der Waals surface area contributed by atoms with Gasteiger partial charge in [0, 0.05) is 12.0 Å². The summed E-state index contributed by atoms with van der Waals surface area (Å²) in [6.07, 6.45) is -0.229. The number of tetrazole rings is 1. The molecule has 0 aliphatic carbocycles. The largest absolute Gasteiger partial charge is 0.438 e. The van der Waals surface area contributed by atoms with Crippen molar-refractivity contribution in [1.29, 1.82) is 0 Å². The number of nitrogens with zero attached hydrogens (tertiary/aromatic N) is 4. The molecule has 18 heavy (non-hydrogen) atoms. The number of esters is 1. The number of carbonyl (C=O) groups excluding carboxylic acids is 1. The van der Waals surface area contributed by atoms with Gasteiger partial charge >= 0.3 is 5.97 Å². The number of hydrogen-bond donors (Lipinski definition) is 0. The maximum Gasteiger partial charge on any atom is 0.307 e. The lowest BCUT2D eigenvalue weighted by Gasteiger charge is -2.09. The van der Waals surface area contributed by atoms with Crippen LogP contribution in [-0.4, -0.2) is 26.2 Å². The van der Waals surface area contributed by atoms with E-state index in [1.807, 2.05) is 30.3 Å². The summed E-state index contributed by atoms with van der Waals surface area (Å²) in [4.78, 5) is 12.4. The van der Waals surface area contributed by atoms with Crippen molar-refractivity contribution in [2.24, 2.45) is 0 Å². The van der Waals surface area contributed by atoms with Crippen LogP contribution in [0.25, 0.3) is 11.4 Å². The van der Waals surface area contributed by atoms with Gasteiger partial charge in [-0.1, -0.05) is 37.3 Å². The van der Waals surface area contributed by atoms with E-state index in [0.29, 0.717) is 12.2 Å². The maximum atomic E-state index is 11.2. The van der Waals surface area contributed by atoms with Crippen LogP contribution in [0.3, 0.4) is 0 Å². The van der Waals surface area contributed by atoms with Gasteiger partial charge in [0.05, 0.1) is 0 Å². The van der Waals surface area contributed by atoms with Crippen LogP contribution in [0, 0.1) is 0 Å². The highest BCUT2D eigenvalue weighted by Gasteiger charge is 2.13. The Labute approximate surface area is 105 Å². The lowest BCUT2D eigenvalue weighted by Crippen LogP contribution is -2.16. The summed E-state index contributed by atoms with van der Waals surface area (Å²) in [5, 5.41) is 12.0. The van der Waals surface area contributed by atoms with E-state index in [0.717, 1.165) is 5.56 Å². The predicted molar refractivity (Wildman–Crippen MR) is 64.3 cm³/mol. The second kappa shape index (κ2) is 5.39. The minimum atomic E-state index is -0.553. The molecule has 0 N–H and O–H groups in total. The summed E-state index contributed by atoms with van der Waals surface area (Å²) in [7, 11) is 0. The Bertz CT molecular complexity index is 524. The molecule has 0 amide bonds. The molecule has 0 fully saturated rings. The molecule has 2 rings (SSSR count). The van der Waals surface area contributed by atoms with Gasteiger partial charge in [0.1, 0.15) is 0 Å². The third kappa shape index (κ3) is 2.71. The molecule has 0 saturated carbocycles. The maximum absolute atomic E-state index is 11.2. The Hall–Kier alpha value is -2.24. The van der Waals surface area contributed by atoms with Gasteiger partial charge in [0.2, 0.25) is 12.1 Å². The molecule has 0 unspecified atom stereocenters. The van der Waals surface area contributed by atoms with E-state index in [9.17, 15) is 4.79 Å². The van der Waals surface area contributed by atoms with Crippen LogP contribution in [-0.2, 0) is 9.53 Å². The first-order chi connectivity index (χ1) is 8.70. The van der Waals surface area contributed by atoms with Crippen LogP contribution in [0.2, 0.25) is 0 Å². The molecule has 1 atom stereocenters. The monoisotopic (exact) mass is 246 g/mol. The van der Waals surface area contributed by atoms with Crippen LogP contribution in [0.15, 0.2) is 30.3 Å². The number of aromatic nitrogens is 4. The standard InChI is InChI=1S/C12H14N4O2/c1-3-11(17)18-9(2)16-14-12(13-15-16)10-7-5-4-6-8-10/h4-9H,3H2,1-2H3/t9-/m0/s1. The second-order valence-electron chi connectivity index (χ2n) is 3.74. The normalized spacial score (nSPS) is 12.1. The second-order valence-corrected chi connectivity index (χ2v) is 3.74. The SMILES string of the molecule is CCC(=O)O[C@@H](C)n1nnc(-c2ccccc2)n1. The average Bonchev–Trinajstić information content (AvgIpc) is 2.89. The molecule has 6 heteroatoms. The van der Waals surface area contributed by atoms with E-state index in [1.54, 1.807) is 13.8 Å². The topological polar surface area (TPSA) is 69.9 Å². The van der Waals surface area contributed by atoms with Crippen LogP contribution in [0.1, 0.15) is 26.5 Å². The van der Waals surface area contributed by atoms with Crippen molar-refractivity contribution in [1.82, 2.24) is 20.2 Å². The Morgan fingerprint density at radius 1 is 1.39 bits per heavy atom. The molecular weight excluding hydrogens is 232 g/mol. The number of hydrogen-bond acceptors (Lipinski definition) is 5. The molecule has 0 bridgehead atoms. The lowest BCUT2D eigenvalue weighted by molar-refractivity contribution is -0.153. The summed E-state index contributed by atoms with van der Waals surface area (Å²) in [5.74, 6) is 0.219. The average molecular weight is 246 g/mol. The minimum Gasteiger partial charge on any atom is -0.438 e. The summed E-state index contributed by atoms with van der Waals surface area (Å²) in [6.45, 7) is 3.43. The molecule has 0 spiro atoms. The zero-order valence-corrected chi connectivity index (χ0v) is 10.3. The molecule has 0 saturated heterocycles. The van der Waals surface area contributed by atoms with Crippen molar-refractivity contribution < 1.29 is 9.53 Å². The number of benzene rings is 1. The van der Waals surface area contributed by atoms with Gasteiger partial charge < -0.3 is 4.74 Å².